The van der Waals surface area contributed by atoms with Gasteiger partial charge in [-0.25, -0.2) is 9.97 Å². The molecule has 0 saturated carbocycles. The third kappa shape index (κ3) is 1.79. The van der Waals surface area contributed by atoms with E-state index < -0.39 is 0 Å². The number of nitrogens with zero attached hydrogens (tertiary/aromatic N) is 3. The minimum absolute atomic E-state index is 0.478. The Morgan fingerprint density at radius 2 is 2.07 bits per heavy atom. The van der Waals surface area contributed by atoms with Crippen molar-refractivity contribution in [2.24, 2.45) is 0 Å². The van der Waals surface area contributed by atoms with Gasteiger partial charge in [0.2, 0.25) is 5.95 Å². The molecule has 0 fully saturated rings. The highest BCUT2D eigenvalue weighted by Gasteiger charge is 1.99. The van der Waals surface area contributed by atoms with Gasteiger partial charge in [-0.2, -0.15) is 5.10 Å². The molecule has 0 aliphatic rings. The molecule has 0 spiro atoms. The number of nitrogens with two attached hydrogens (primary N) is 1. The Kier molecular flexibility index (Phi) is 2.02. The number of aromatic amines is 1. The van der Waals surface area contributed by atoms with E-state index >= 15 is 0 Å². The fraction of sp³-hybridized carbons (Fsp3) is 0.125. The summed E-state index contributed by atoms with van der Waals surface area (Å²) in [5.74, 6) is 1.16. The van der Waals surface area contributed by atoms with Crippen molar-refractivity contribution in [3.63, 3.8) is 0 Å². The molecule has 2 rings (SSSR count). The molecule has 14 heavy (non-hydrogen) atoms. The first-order valence-corrected chi connectivity index (χ1v) is 4.10. The zero-order chi connectivity index (χ0) is 9.97. The van der Waals surface area contributed by atoms with Crippen LogP contribution in [0.15, 0.2) is 18.5 Å². The highest BCUT2D eigenvalue weighted by molar-refractivity contribution is 5.48. The molecule has 0 aliphatic heterocycles. The van der Waals surface area contributed by atoms with E-state index in [-0.39, 0.29) is 0 Å². The number of nitrogens with one attached hydrogen (secondary N) is 2. The molecule has 72 valence electrons. The Labute approximate surface area is 80.6 Å². The van der Waals surface area contributed by atoms with Gasteiger partial charge in [-0.15, -0.1) is 0 Å². The molecule has 0 radical (unpaired) electrons. The van der Waals surface area contributed by atoms with Crippen LogP contribution in [0, 0.1) is 6.92 Å². The predicted octanol–water partition coefficient (Wildman–Crippen LogP) is 0.834. The Morgan fingerprint density at radius 1 is 1.36 bits per heavy atom. The highest BCUT2D eigenvalue weighted by atomic mass is 15.2. The molecule has 0 aliphatic carbocycles. The summed E-state index contributed by atoms with van der Waals surface area (Å²) in [4.78, 5) is 7.96. The molecule has 0 bridgehead atoms. The first-order chi connectivity index (χ1) is 6.74. The van der Waals surface area contributed by atoms with Crippen molar-refractivity contribution in [2.75, 3.05) is 11.1 Å². The molecule has 0 aromatic carbocycles. The number of nitrogen functional groups attached to an aromatic ring is 1. The van der Waals surface area contributed by atoms with E-state index in [4.69, 9.17) is 5.73 Å². The normalized spacial score (nSPS) is 10.1. The Morgan fingerprint density at radius 3 is 2.64 bits per heavy atom. The van der Waals surface area contributed by atoms with Crippen molar-refractivity contribution in [3.8, 4) is 0 Å². The molecule has 0 atom stereocenters. The maximum Gasteiger partial charge on any atom is 0.228 e. The summed E-state index contributed by atoms with van der Waals surface area (Å²) in [6.45, 7) is 1.92. The SMILES string of the molecule is Cc1cc(Nc2ncc(N)cn2)n[nH]1. The number of aryl methyl sites for hydroxylation is 1. The molecule has 6 nitrogen and oxygen atoms in total. The number of aromatic nitrogens is 4. The summed E-state index contributed by atoms with van der Waals surface area (Å²) in [5, 5.41) is 9.73. The topological polar surface area (TPSA) is 92.5 Å². The molecule has 6 heteroatoms. The molecule has 4 N–H and O–H groups in total. The minimum Gasteiger partial charge on any atom is -0.396 e. The monoisotopic (exact) mass is 190 g/mol. The fourth-order valence-corrected chi connectivity index (χ4v) is 0.999. The summed E-state index contributed by atoms with van der Waals surface area (Å²) < 4.78 is 0. The average molecular weight is 190 g/mol. The van der Waals surface area contributed by atoms with Gasteiger partial charge in [0.05, 0.1) is 18.1 Å². The lowest BCUT2D eigenvalue weighted by atomic mass is 10.5. The Hall–Kier alpha value is -2.11. The van der Waals surface area contributed by atoms with Crippen LogP contribution in [-0.2, 0) is 0 Å². The first kappa shape index (κ1) is 8.49. The van der Waals surface area contributed by atoms with Crippen LogP contribution in [0.5, 0.6) is 0 Å². The second kappa shape index (κ2) is 3.33. The second-order valence-electron chi connectivity index (χ2n) is 2.90. The van der Waals surface area contributed by atoms with E-state index in [0.29, 0.717) is 17.5 Å². The smallest absolute Gasteiger partial charge is 0.228 e. The van der Waals surface area contributed by atoms with Crippen molar-refractivity contribution < 1.29 is 0 Å². The van der Waals surface area contributed by atoms with Gasteiger partial charge in [0.1, 0.15) is 0 Å². The largest absolute Gasteiger partial charge is 0.396 e. The third-order valence-electron chi connectivity index (χ3n) is 1.62. The van der Waals surface area contributed by atoms with Crippen LogP contribution in [0.2, 0.25) is 0 Å². The van der Waals surface area contributed by atoms with Crippen LogP contribution in [0.25, 0.3) is 0 Å². The highest BCUT2D eigenvalue weighted by Crippen LogP contribution is 2.10. The van der Waals surface area contributed by atoms with Crippen molar-refractivity contribution in [1.82, 2.24) is 20.2 Å². The lowest BCUT2D eigenvalue weighted by Gasteiger charge is -1.99. The average Bonchev–Trinajstić information content (AvgIpc) is 2.56. The summed E-state index contributed by atoms with van der Waals surface area (Å²) in [6.07, 6.45) is 3.07. The lowest BCUT2D eigenvalue weighted by molar-refractivity contribution is 1.04. The maximum atomic E-state index is 5.45. The van der Waals surface area contributed by atoms with E-state index in [1.54, 1.807) is 0 Å². The summed E-state index contributed by atoms with van der Waals surface area (Å²) in [6, 6.07) is 1.86. The molecule has 2 aromatic rings. The zero-order valence-electron chi connectivity index (χ0n) is 7.65. The van der Waals surface area contributed by atoms with Crippen LogP contribution in [0.3, 0.4) is 0 Å². The van der Waals surface area contributed by atoms with Gasteiger partial charge in [0.25, 0.3) is 0 Å². The molecular weight excluding hydrogens is 180 g/mol. The number of hydrogen-bond acceptors (Lipinski definition) is 5. The van der Waals surface area contributed by atoms with Gasteiger partial charge < -0.3 is 11.1 Å². The summed E-state index contributed by atoms with van der Waals surface area (Å²) in [7, 11) is 0. The molecule has 2 aromatic heterocycles. The van der Waals surface area contributed by atoms with Crippen LogP contribution < -0.4 is 11.1 Å². The second-order valence-corrected chi connectivity index (χ2v) is 2.90. The van der Waals surface area contributed by atoms with E-state index in [9.17, 15) is 0 Å². The minimum atomic E-state index is 0.478. The zero-order valence-corrected chi connectivity index (χ0v) is 7.65. The molecule has 0 saturated heterocycles. The molecule has 2 heterocycles. The van der Waals surface area contributed by atoms with Gasteiger partial charge in [0.15, 0.2) is 5.82 Å². The number of anilines is 3. The first-order valence-electron chi connectivity index (χ1n) is 4.10. The van der Waals surface area contributed by atoms with Gasteiger partial charge in [0, 0.05) is 11.8 Å². The van der Waals surface area contributed by atoms with Crippen molar-refractivity contribution in [3.05, 3.63) is 24.2 Å². The van der Waals surface area contributed by atoms with Crippen LogP contribution in [0.1, 0.15) is 5.69 Å². The fourth-order valence-electron chi connectivity index (χ4n) is 0.999. The maximum absolute atomic E-state index is 5.45. The van der Waals surface area contributed by atoms with Gasteiger partial charge >= 0.3 is 0 Å². The van der Waals surface area contributed by atoms with Crippen molar-refractivity contribution in [1.29, 1.82) is 0 Å². The van der Waals surface area contributed by atoms with E-state index in [1.807, 2.05) is 13.0 Å². The van der Waals surface area contributed by atoms with E-state index in [0.717, 1.165) is 5.69 Å². The lowest BCUT2D eigenvalue weighted by Crippen LogP contribution is -1.98. The summed E-state index contributed by atoms with van der Waals surface area (Å²) in [5.41, 5.74) is 6.96. The standard InChI is InChI=1S/C8H10N6/c1-5-2-7(14-13-5)12-8-10-3-6(9)4-11-8/h2-4H,9H2,1H3,(H2,10,11,12,13,14). The van der Waals surface area contributed by atoms with Gasteiger partial charge in [-0.05, 0) is 6.92 Å². The number of H-pyrrole nitrogens is 1. The quantitative estimate of drug-likeness (QED) is 0.652. The van der Waals surface area contributed by atoms with Crippen molar-refractivity contribution >= 4 is 17.5 Å². The van der Waals surface area contributed by atoms with Gasteiger partial charge in [-0.1, -0.05) is 0 Å². The molecular formula is C8H10N6. The third-order valence-corrected chi connectivity index (χ3v) is 1.62. The van der Waals surface area contributed by atoms with E-state index in [1.165, 1.54) is 12.4 Å². The van der Waals surface area contributed by atoms with E-state index in [2.05, 4.69) is 25.5 Å². The van der Waals surface area contributed by atoms with Crippen LogP contribution in [0.4, 0.5) is 17.5 Å². The number of rotatable bonds is 2. The Balaban J connectivity index is 2.15. The van der Waals surface area contributed by atoms with Gasteiger partial charge in [-0.3, -0.25) is 5.10 Å². The predicted molar refractivity (Wildman–Crippen MR) is 53.1 cm³/mol. The summed E-state index contributed by atoms with van der Waals surface area (Å²) >= 11 is 0. The van der Waals surface area contributed by atoms with Crippen LogP contribution >= 0.6 is 0 Å². The molecule has 0 amide bonds. The Bertz CT molecular complexity index is 418. The van der Waals surface area contributed by atoms with Crippen LogP contribution in [-0.4, -0.2) is 20.2 Å². The van der Waals surface area contributed by atoms with Crippen molar-refractivity contribution in [2.45, 2.75) is 6.92 Å². The number of hydrogen-bond donors (Lipinski definition) is 3. The molecule has 0 unspecified atom stereocenters.